The first-order valence-electron chi connectivity index (χ1n) is 8.41. The van der Waals surface area contributed by atoms with Gasteiger partial charge in [-0.3, -0.25) is 9.59 Å². The second-order valence-corrected chi connectivity index (χ2v) is 6.68. The average molecular weight is 352 g/mol. The molecule has 1 saturated carbocycles. The molecule has 0 aliphatic heterocycles. The molecule has 2 atom stereocenters. The van der Waals surface area contributed by atoms with Crippen molar-refractivity contribution in [1.82, 2.24) is 0 Å². The van der Waals surface area contributed by atoms with E-state index in [1.165, 1.54) is 6.07 Å². The van der Waals surface area contributed by atoms with Crippen molar-refractivity contribution in [3.63, 3.8) is 0 Å². The Morgan fingerprint density at radius 1 is 1.00 bits per heavy atom. The van der Waals surface area contributed by atoms with Crippen molar-refractivity contribution in [2.24, 2.45) is 11.8 Å². The average Bonchev–Trinajstić information content (AvgIpc) is 3.34. The van der Waals surface area contributed by atoms with Gasteiger partial charge in [0.15, 0.2) is 0 Å². The highest BCUT2D eigenvalue weighted by molar-refractivity contribution is 6.05. The molecule has 6 heteroatoms. The van der Waals surface area contributed by atoms with Gasteiger partial charge in [0.25, 0.3) is 5.91 Å². The van der Waals surface area contributed by atoms with E-state index in [1.807, 2.05) is 6.92 Å². The molecular weight excluding hydrogens is 332 g/mol. The van der Waals surface area contributed by atoms with Crippen LogP contribution in [0.25, 0.3) is 0 Å². The highest BCUT2D eigenvalue weighted by Gasteiger charge is 2.39. The Balaban J connectivity index is 1.65. The van der Waals surface area contributed by atoms with E-state index in [9.17, 15) is 14.4 Å². The topological polar surface area (TPSA) is 95.5 Å². The summed E-state index contributed by atoms with van der Waals surface area (Å²) in [7, 11) is 0. The number of hydrogen-bond donors (Lipinski definition) is 3. The number of rotatable bonds is 5. The van der Waals surface area contributed by atoms with Gasteiger partial charge in [0, 0.05) is 22.9 Å². The zero-order valence-corrected chi connectivity index (χ0v) is 14.6. The van der Waals surface area contributed by atoms with E-state index in [2.05, 4.69) is 10.6 Å². The molecule has 0 bridgehead atoms. The number of aromatic carboxylic acids is 1. The van der Waals surface area contributed by atoms with Crippen molar-refractivity contribution in [2.45, 2.75) is 20.3 Å². The van der Waals surface area contributed by atoms with Gasteiger partial charge in [-0.25, -0.2) is 4.79 Å². The van der Waals surface area contributed by atoms with Crippen LogP contribution in [0.15, 0.2) is 42.5 Å². The van der Waals surface area contributed by atoms with Crippen molar-refractivity contribution < 1.29 is 19.5 Å². The molecule has 0 heterocycles. The minimum Gasteiger partial charge on any atom is -0.478 e. The van der Waals surface area contributed by atoms with Crippen LogP contribution in [0, 0.1) is 18.8 Å². The van der Waals surface area contributed by atoms with E-state index in [0.29, 0.717) is 28.4 Å². The Labute approximate surface area is 151 Å². The molecule has 1 aliphatic rings. The lowest BCUT2D eigenvalue weighted by molar-refractivity contribution is -0.117. The third-order valence-corrected chi connectivity index (χ3v) is 4.59. The summed E-state index contributed by atoms with van der Waals surface area (Å²) in [5.41, 5.74) is 2.25. The summed E-state index contributed by atoms with van der Waals surface area (Å²) >= 11 is 0. The molecule has 0 spiro atoms. The second-order valence-electron chi connectivity index (χ2n) is 6.68. The lowest BCUT2D eigenvalue weighted by Crippen LogP contribution is -2.15. The van der Waals surface area contributed by atoms with Gasteiger partial charge in [-0.15, -0.1) is 0 Å². The maximum Gasteiger partial charge on any atom is 0.336 e. The fraction of sp³-hybridized carbons (Fsp3) is 0.250. The first-order chi connectivity index (χ1) is 12.3. The SMILES string of the molecule is Cc1ccc(NC(=O)c2ccc(NC(=O)C3CC3C)cc2)cc1C(=O)O. The smallest absolute Gasteiger partial charge is 0.336 e. The van der Waals surface area contributed by atoms with Crippen molar-refractivity contribution in [3.8, 4) is 0 Å². The molecule has 1 fully saturated rings. The second kappa shape index (κ2) is 7.00. The van der Waals surface area contributed by atoms with Gasteiger partial charge < -0.3 is 15.7 Å². The van der Waals surface area contributed by atoms with E-state index >= 15 is 0 Å². The molecule has 2 amide bonds. The van der Waals surface area contributed by atoms with Crippen LogP contribution in [0.3, 0.4) is 0 Å². The molecule has 0 saturated heterocycles. The monoisotopic (exact) mass is 352 g/mol. The number of amides is 2. The van der Waals surface area contributed by atoms with Crippen LogP contribution >= 0.6 is 0 Å². The van der Waals surface area contributed by atoms with E-state index in [1.54, 1.807) is 43.3 Å². The van der Waals surface area contributed by atoms with Crippen molar-refractivity contribution in [3.05, 3.63) is 59.2 Å². The number of carboxylic acid groups (broad SMARTS) is 1. The van der Waals surface area contributed by atoms with Crippen LogP contribution in [0.1, 0.15) is 39.6 Å². The van der Waals surface area contributed by atoms with Gasteiger partial charge in [0.05, 0.1) is 5.56 Å². The Kier molecular flexibility index (Phi) is 4.75. The first-order valence-corrected chi connectivity index (χ1v) is 8.41. The van der Waals surface area contributed by atoms with E-state index in [4.69, 9.17) is 5.11 Å². The number of anilines is 2. The number of carbonyl (C=O) groups is 3. The van der Waals surface area contributed by atoms with Gasteiger partial charge in [0.2, 0.25) is 5.91 Å². The predicted octanol–water partition coefficient (Wildman–Crippen LogP) is 3.54. The molecule has 2 unspecified atom stereocenters. The highest BCUT2D eigenvalue weighted by Crippen LogP contribution is 2.38. The Hall–Kier alpha value is -3.15. The number of benzene rings is 2. The number of carbonyl (C=O) groups excluding carboxylic acids is 2. The Bertz CT molecular complexity index is 874. The Morgan fingerprint density at radius 2 is 1.62 bits per heavy atom. The van der Waals surface area contributed by atoms with Crippen LogP contribution in [0.5, 0.6) is 0 Å². The van der Waals surface area contributed by atoms with Crippen LogP contribution in [0.4, 0.5) is 11.4 Å². The first kappa shape index (κ1) is 17.7. The molecule has 26 heavy (non-hydrogen) atoms. The maximum absolute atomic E-state index is 12.3. The summed E-state index contributed by atoms with van der Waals surface area (Å²) in [6, 6.07) is 11.3. The largest absolute Gasteiger partial charge is 0.478 e. The van der Waals surface area contributed by atoms with E-state index < -0.39 is 5.97 Å². The molecule has 3 rings (SSSR count). The summed E-state index contributed by atoms with van der Waals surface area (Å²) in [5, 5.41) is 14.7. The lowest BCUT2D eigenvalue weighted by Gasteiger charge is -2.09. The summed E-state index contributed by atoms with van der Waals surface area (Å²) < 4.78 is 0. The zero-order chi connectivity index (χ0) is 18.8. The lowest BCUT2D eigenvalue weighted by atomic mass is 10.1. The van der Waals surface area contributed by atoms with Gasteiger partial charge in [0.1, 0.15) is 0 Å². The molecular formula is C20H20N2O4. The molecule has 2 aromatic carbocycles. The molecule has 1 aliphatic carbocycles. The van der Waals surface area contributed by atoms with Crippen molar-refractivity contribution >= 4 is 29.2 Å². The molecule has 2 aromatic rings. The molecule has 3 N–H and O–H groups in total. The van der Waals surface area contributed by atoms with Gasteiger partial charge in [-0.2, -0.15) is 0 Å². The molecule has 0 radical (unpaired) electrons. The van der Waals surface area contributed by atoms with Crippen molar-refractivity contribution in [2.75, 3.05) is 10.6 Å². The fourth-order valence-electron chi connectivity index (χ4n) is 2.76. The van der Waals surface area contributed by atoms with E-state index in [-0.39, 0.29) is 23.3 Å². The summed E-state index contributed by atoms with van der Waals surface area (Å²) in [6.45, 7) is 3.74. The molecule has 0 aromatic heterocycles. The van der Waals surface area contributed by atoms with Crippen LogP contribution < -0.4 is 10.6 Å². The maximum atomic E-state index is 12.3. The number of nitrogens with one attached hydrogen (secondary N) is 2. The predicted molar refractivity (Wildman–Crippen MR) is 98.4 cm³/mol. The van der Waals surface area contributed by atoms with Gasteiger partial charge in [-0.05, 0) is 61.2 Å². The normalized spacial score (nSPS) is 18.1. The Morgan fingerprint density at radius 3 is 2.19 bits per heavy atom. The van der Waals surface area contributed by atoms with Crippen molar-refractivity contribution in [1.29, 1.82) is 0 Å². The zero-order valence-electron chi connectivity index (χ0n) is 14.6. The highest BCUT2D eigenvalue weighted by atomic mass is 16.4. The number of carboxylic acids is 1. The third-order valence-electron chi connectivity index (χ3n) is 4.59. The molecule has 134 valence electrons. The summed E-state index contributed by atoms with van der Waals surface area (Å²) in [4.78, 5) is 35.4. The summed E-state index contributed by atoms with van der Waals surface area (Å²) in [5.74, 6) is -0.855. The van der Waals surface area contributed by atoms with Crippen LogP contribution in [-0.4, -0.2) is 22.9 Å². The van der Waals surface area contributed by atoms with Crippen LogP contribution in [0.2, 0.25) is 0 Å². The third kappa shape index (κ3) is 3.91. The number of aryl methyl sites for hydroxylation is 1. The van der Waals surface area contributed by atoms with Gasteiger partial charge >= 0.3 is 5.97 Å². The minimum atomic E-state index is -1.04. The quantitative estimate of drug-likeness (QED) is 0.767. The molecule has 6 nitrogen and oxygen atoms in total. The van der Waals surface area contributed by atoms with Gasteiger partial charge in [-0.1, -0.05) is 13.0 Å². The number of hydrogen-bond acceptors (Lipinski definition) is 3. The minimum absolute atomic E-state index is 0.00977. The van der Waals surface area contributed by atoms with Crippen LogP contribution in [-0.2, 0) is 4.79 Å². The van der Waals surface area contributed by atoms with E-state index in [0.717, 1.165) is 6.42 Å². The standard InChI is InChI=1S/C20H20N2O4/c1-11-3-6-15(10-17(11)20(25)26)22-18(23)13-4-7-14(8-5-13)21-19(24)16-9-12(16)2/h3-8,10,12,16H,9H2,1-2H3,(H,21,24)(H,22,23)(H,25,26). The fourth-order valence-corrected chi connectivity index (χ4v) is 2.76. The summed E-state index contributed by atoms with van der Waals surface area (Å²) in [6.07, 6.45) is 0.918.